The zero-order chi connectivity index (χ0) is 15.2. The summed E-state index contributed by atoms with van der Waals surface area (Å²) in [7, 11) is 1.60. The van der Waals surface area contributed by atoms with Gasteiger partial charge in [0.05, 0.1) is 12.8 Å². The number of rotatable bonds is 6. The maximum Gasteiger partial charge on any atom is 0.213 e. The highest BCUT2D eigenvalue weighted by Gasteiger charge is 2.06. The van der Waals surface area contributed by atoms with Gasteiger partial charge in [-0.1, -0.05) is 22.0 Å². The molecule has 2 N–H and O–H groups in total. The topological polar surface area (TPSA) is 57.4 Å². The van der Waals surface area contributed by atoms with Crippen molar-refractivity contribution in [2.45, 2.75) is 26.0 Å². The van der Waals surface area contributed by atoms with Gasteiger partial charge < -0.3 is 15.2 Å². The average Bonchev–Trinajstić information content (AvgIpc) is 2.48. The Balaban J connectivity index is 2.05. The van der Waals surface area contributed by atoms with Gasteiger partial charge in [-0.3, -0.25) is 0 Å². The Bertz CT molecular complexity index is 603. The first kappa shape index (κ1) is 15.8. The second kappa shape index (κ2) is 7.43. The molecule has 0 aliphatic carbocycles. The lowest BCUT2D eigenvalue weighted by Gasteiger charge is -2.11. The lowest BCUT2D eigenvalue weighted by atomic mass is 10.1. The number of nitrogens with zero attached hydrogens (tertiary/aromatic N) is 1. The van der Waals surface area contributed by atoms with Crippen molar-refractivity contribution >= 4 is 15.9 Å². The minimum absolute atomic E-state index is 0.108. The molecule has 1 atom stereocenters. The van der Waals surface area contributed by atoms with E-state index >= 15 is 0 Å². The number of halogens is 1. The summed E-state index contributed by atoms with van der Waals surface area (Å²) >= 11 is 3.53. The highest BCUT2D eigenvalue weighted by atomic mass is 79.9. The van der Waals surface area contributed by atoms with E-state index < -0.39 is 0 Å². The van der Waals surface area contributed by atoms with Crippen molar-refractivity contribution in [3.8, 4) is 11.6 Å². The number of pyridine rings is 1. The van der Waals surface area contributed by atoms with Crippen LogP contribution in [0.3, 0.4) is 0 Å². The van der Waals surface area contributed by atoms with Gasteiger partial charge in [-0.15, -0.1) is 0 Å². The van der Waals surface area contributed by atoms with E-state index in [-0.39, 0.29) is 6.04 Å². The molecular formula is C16H19BrN2O2. The molecule has 0 aliphatic rings. The normalized spacial score (nSPS) is 12.0. The molecule has 1 heterocycles. The summed E-state index contributed by atoms with van der Waals surface area (Å²) in [6, 6.07) is 11.6. The summed E-state index contributed by atoms with van der Waals surface area (Å²) in [5.74, 6) is 1.39. The van der Waals surface area contributed by atoms with Gasteiger partial charge in [0.1, 0.15) is 12.4 Å². The molecular weight excluding hydrogens is 332 g/mol. The molecule has 0 fully saturated rings. The number of nitrogens with two attached hydrogens (primary N) is 1. The SMILES string of the molecule is COc1cccc(COc2ccc(Br)c(CC(C)N)c2)n1. The number of ether oxygens (including phenoxy) is 2. The minimum atomic E-state index is 0.108. The minimum Gasteiger partial charge on any atom is -0.487 e. The number of hydrogen-bond donors (Lipinski definition) is 1. The molecule has 1 aromatic heterocycles. The van der Waals surface area contributed by atoms with Crippen molar-refractivity contribution in [1.29, 1.82) is 0 Å². The van der Waals surface area contributed by atoms with Gasteiger partial charge in [0, 0.05) is 16.6 Å². The van der Waals surface area contributed by atoms with Gasteiger partial charge in [0.2, 0.25) is 5.88 Å². The van der Waals surface area contributed by atoms with Gasteiger partial charge in [-0.2, -0.15) is 0 Å². The van der Waals surface area contributed by atoms with Gasteiger partial charge in [-0.25, -0.2) is 4.98 Å². The van der Waals surface area contributed by atoms with Crippen LogP contribution in [0.2, 0.25) is 0 Å². The van der Waals surface area contributed by atoms with Crippen LogP contribution < -0.4 is 15.2 Å². The van der Waals surface area contributed by atoms with E-state index in [0.717, 1.165) is 27.9 Å². The van der Waals surface area contributed by atoms with Crippen LogP contribution in [0.1, 0.15) is 18.2 Å². The third-order valence-corrected chi connectivity index (χ3v) is 3.71. The van der Waals surface area contributed by atoms with E-state index in [2.05, 4.69) is 20.9 Å². The summed E-state index contributed by atoms with van der Waals surface area (Å²) in [6.07, 6.45) is 0.801. The molecule has 0 spiro atoms. The molecule has 0 aliphatic heterocycles. The fraction of sp³-hybridized carbons (Fsp3) is 0.312. The Morgan fingerprint density at radius 3 is 2.81 bits per heavy atom. The maximum absolute atomic E-state index is 5.85. The molecule has 0 saturated carbocycles. The molecule has 21 heavy (non-hydrogen) atoms. The Morgan fingerprint density at radius 1 is 1.29 bits per heavy atom. The summed E-state index contributed by atoms with van der Waals surface area (Å²) < 4.78 is 11.9. The zero-order valence-corrected chi connectivity index (χ0v) is 13.8. The molecule has 5 heteroatoms. The highest BCUT2D eigenvalue weighted by Crippen LogP contribution is 2.24. The molecule has 0 amide bonds. The molecule has 2 aromatic rings. The number of benzene rings is 1. The van der Waals surface area contributed by atoms with Gasteiger partial charge in [-0.05, 0) is 43.2 Å². The zero-order valence-electron chi connectivity index (χ0n) is 12.2. The van der Waals surface area contributed by atoms with E-state index in [1.807, 2.05) is 43.3 Å². The molecule has 1 aromatic carbocycles. The van der Waals surface area contributed by atoms with Crippen molar-refractivity contribution in [1.82, 2.24) is 4.98 Å². The van der Waals surface area contributed by atoms with Crippen LogP contribution in [-0.4, -0.2) is 18.1 Å². The smallest absolute Gasteiger partial charge is 0.213 e. The van der Waals surface area contributed by atoms with E-state index in [1.165, 1.54) is 0 Å². The number of aromatic nitrogens is 1. The quantitative estimate of drug-likeness (QED) is 0.867. The number of methoxy groups -OCH3 is 1. The predicted octanol–water partition coefficient (Wildman–Crippen LogP) is 3.32. The van der Waals surface area contributed by atoms with Crippen molar-refractivity contribution < 1.29 is 9.47 Å². The first-order valence-electron chi connectivity index (χ1n) is 6.75. The van der Waals surface area contributed by atoms with Crippen LogP contribution in [0.5, 0.6) is 11.6 Å². The average molecular weight is 351 g/mol. The van der Waals surface area contributed by atoms with E-state index in [1.54, 1.807) is 7.11 Å². The summed E-state index contributed by atoms with van der Waals surface area (Å²) in [5.41, 5.74) is 7.82. The van der Waals surface area contributed by atoms with Crippen LogP contribution in [0.25, 0.3) is 0 Å². The fourth-order valence-corrected chi connectivity index (χ4v) is 2.36. The molecule has 0 bridgehead atoms. The van der Waals surface area contributed by atoms with E-state index in [9.17, 15) is 0 Å². The van der Waals surface area contributed by atoms with Crippen molar-refractivity contribution in [2.24, 2.45) is 5.73 Å². The molecule has 0 radical (unpaired) electrons. The first-order chi connectivity index (χ1) is 10.1. The summed E-state index contributed by atoms with van der Waals surface area (Å²) in [5, 5.41) is 0. The Morgan fingerprint density at radius 2 is 2.10 bits per heavy atom. The largest absolute Gasteiger partial charge is 0.487 e. The van der Waals surface area contributed by atoms with Crippen molar-refractivity contribution in [2.75, 3.05) is 7.11 Å². The van der Waals surface area contributed by atoms with Gasteiger partial charge in [0.25, 0.3) is 0 Å². The standard InChI is InChI=1S/C16H19BrN2O2/c1-11(18)8-12-9-14(6-7-15(12)17)21-10-13-4-3-5-16(19-13)20-2/h3-7,9,11H,8,10,18H2,1-2H3. The third-order valence-electron chi connectivity index (χ3n) is 2.94. The fourth-order valence-electron chi connectivity index (χ4n) is 1.95. The Labute approximate surface area is 133 Å². The van der Waals surface area contributed by atoms with E-state index in [4.69, 9.17) is 15.2 Å². The lowest BCUT2D eigenvalue weighted by molar-refractivity contribution is 0.297. The third kappa shape index (κ3) is 4.72. The monoisotopic (exact) mass is 350 g/mol. The molecule has 0 saturated heterocycles. The van der Waals surface area contributed by atoms with Crippen LogP contribution in [0.15, 0.2) is 40.9 Å². The van der Waals surface area contributed by atoms with E-state index in [0.29, 0.717) is 12.5 Å². The highest BCUT2D eigenvalue weighted by molar-refractivity contribution is 9.10. The number of hydrogen-bond acceptors (Lipinski definition) is 4. The summed E-state index contributed by atoms with van der Waals surface area (Å²) in [4.78, 5) is 4.32. The Kier molecular flexibility index (Phi) is 5.59. The van der Waals surface area contributed by atoms with Crippen LogP contribution in [0, 0.1) is 0 Å². The van der Waals surface area contributed by atoms with Gasteiger partial charge >= 0.3 is 0 Å². The molecule has 112 valence electrons. The Hall–Kier alpha value is -1.59. The first-order valence-corrected chi connectivity index (χ1v) is 7.54. The van der Waals surface area contributed by atoms with Gasteiger partial charge in [0.15, 0.2) is 0 Å². The molecule has 2 rings (SSSR count). The van der Waals surface area contributed by atoms with Crippen LogP contribution in [-0.2, 0) is 13.0 Å². The predicted molar refractivity (Wildman–Crippen MR) is 86.6 cm³/mol. The van der Waals surface area contributed by atoms with Crippen molar-refractivity contribution in [3.05, 3.63) is 52.1 Å². The lowest BCUT2D eigenvalue weighted by Crippen LogP contribution is -2.18. The summed E-state index contributed by atoms with van der Waals surface area (Å²) in [6.45, 7) is 2.39. The molecule has 1 unspecified atom stereocenters. The van der Waals surface area contributed by atoms with Crippen LogP contribution in [0.4, 0.5) is 0 Å². The van der Waals surface area contributed by atoms with Crippen molar-refractivity contribution in [3.63, 3.8) is 0 Å². The second-order valence-electron chi connectivity index (χ2n) is 4.89. The van der Waals surface area contributed by atoms with Crippen LogP contribution >= 0.6 is 15.9 Å². The molecule has 4 nitrogen and oxygen atoms in total. The maximum atomic E-state index is 5.85. The second-order valence-corrected chi connectivity index (χ2v) is 5.75.